The molecule has 5 nitrogen and oxygen atoms in total. The SMILES string of the molecule is O=C(Cc1cccc(F)c1)Nc1ccc(N2CCC(NCc3ccc4ncccc4c3)CC2)cc1. The number of pyridine rings is 1. The van der Waals surface area contributed by atoms with Crippen molar-refractivity contribution >= 4 is 28.2 Å². The fraction of sp³-hybridized carbons (Fsp3) is 0.241. The van der Waals surface area contributed by atoms with E-state index in [0.717, 1.165) is 49.4 Å². The summed E-state index contributed by atoms with van der Waals surface area (Å²) < 4.78 is 13.3. The summed E-state index contributed by atoms with van der Waals surface area (Å²) in [6.07, 6.45) is 4.14. The number of carbonyl (C=O) groups excluding carboxylic acids is 1. The van der Waals surface area contributed by atoms with Crippen molar-refractivity contribution in [3.63, 3.8) is 0 Å². The molecule has 178 valence electrons. The van der Waals surface area contributed by atoms with Crippen LogP contribution in [0, 0.1) is 5.82 Å². The molecule has 3 aromatic carbocycles. The maximum atomic E-state index is 13.3. The van der Waals surface area contributed by atoms with Gasteiger partial charge in [-0.25, -0.2) is 4.39 Å². The zero-order valence-corrected chi connectivity index (χ0v) is 19.6. The third-order valence-corrected chi connectivity index (χ3v) is 6.53. The van der Waals surface area contributed by atoms with Gasteiger partial charge in [0, 0.05) is 48.6 Å². The van der Waals surface area contributed by atoms with Crippen LogP contribution in [0.1, 0.15) is 24.0 Å². The second-order valence-electron chi connectivity index (χ2n) is 9.07. The van der Waals surface area contributed by atoms with Gasteiger partial charge in [0.05, 0.1) is 11.9 Å². The quantitative estimate of drug-likeness (QED) is 0.386. The average Bonchev–Trinajstić information content (AvgIpc) is 2.88. The highest BCUT2D eigenvalue weighted by molar-refractivity contribution is 5.92. The number of aromatic nitrogens is 1. The number of nitrogens with zero attached hydrogens (tertiary/aromatic N) is 2. The zero-order valence-electron chi connectivity index (χ0n) is 19.6. The lowest BCUT2D eigenvalue weighted by Gasteiger charge is -2.34. The van der Waals surface area contributed by atoms with E-state index >= 15 is 0 Å². The topological polar surface area (TPSA) is 57.3 Å². The standard InChI is InChI=1S/C29H29FN4O/c30-24-5-1-3-21(18-24)19-29(35)33-26-7-9-27(10-8-26)34-15-12-25(13-16-34)32-20-22-6-11-28-23(17-22)4-2-14-31-28/h1-11,14,17-18,25,32H,12-13,15-16,19-20H2,(H,33,35). The molecular formula is C29H29FN4O. The minimum Gasteiger partial charge on any atom is -0.371 e. The van der Waals surface area contributed by atoms with Crippen LogP contribution in [0.3, 0.4) is 0 Å². The molecule has 0 unspecified atom stereocenters. The predicted molar refractivity (Wildman–Crippen MR) is 139 cm³/mol. The molecule has 6 heteroatoms. The normalized spacial score (nSPS) is 14.3. The van der Waals surface area contributed by atoms with Gasteiger partial charge in [-0.1, -0.05) is 24.3 Å². The molecular weight excluding hydrogens is 439 g/mol. The smallest absolute Gasteiger partial charge is 0.228 e. The lowest BCUT2D eigenvalue weighted by molar-refractivity contribution is -0.115. The molecule has 0 aliphatic carbocycles. The Balaban J connectivity index is 1.08. The van der Waals surface area contributed by atoms with E-state index in [1.165, 1.54) is 23.1 Å². The Bertz CT molecular complexity index is 1300. The molecule has 35 heavy (non-hydrogen) atoms. The fourth-order valence-electron chi connectivity index (χ4n) is 4.63. The van der Waals surface area contributed by atoms with E-state index in [9.17, 15) is 9.18 Å². The van der Waals surface area contributed by atoms with Crippen LogP contribution >= 0.6 is 0 Å². The molecule has 0 radical (unpaired) electrons. The van der Waals surface area contributed by atoms with Gasteiger partial charge in [0.15, 0.2) is 0 Å². The number of fused-ring (bicyclic) bond motifs is 1. The second kappa shape index (κ2) is 10.7. The number of hydrogen-bond acceptors (Lipinski definition) is 4. The molecule has 2 N–H and O–H groups in total. The van der Waals surface area contributed by atoms with Gasteiger partial charge < -0.3 is 15.5 Å². The Kier molecular flexibility index (Phi) is 7.00. The highest BCUT2D eigenvalue weighted by Crippen LogP contribution is 2.23. The molecule has 1 saturated heterocycles. The first-order valence-corrected chi connectivity index (χ1v) is 12.1. The molecule has 0 saturated carbocycles. The number of hydrogen-bond donors (Lipinski definition) is 2. The lowest BCUT2D eigenvalue weighted by Crippen LogP contribution is -2.42. The van der Waals surface area contributed by atoms with Crippen LogP contribution in [-0.2, 0) is 17.8 Å². The highest BCUT2D eigenvalue weighted by Gasteiger charge is 2.19. The Morgan fingerprint density at radius 2 is 1.77 bits per heavy atom. The van der Waals surface area contributed by atoms with E-state index in [1.807, 2.05) is 24.4 Å². The van der Waals surface area contributed by atoms with Crippen molar-refractivity contribution < 1.29 is 9.18 Å². The molecule has 4 aromatic rings. The van der Waals surface area contributed by atoms with Crippen LogP contribution in [0.2, 0.25) is 0 Å². The summed E-state index contributed by atoms with van der Waals surface area (Å²) in [5, 5.41) is 7.78. The lowest BCUT2D eigenvalue weighted by atomic mass is 10.0. The Hall–Kier alpha value is -3.77. The number of rotatable bonds is 7. The zero-order chi connectivity index (χ0) is 24.0. The third-order valence-electron chi connectivity index (χ3n) is 6.53. The molecule has 0 bridgehead atoms. The van der Waals surface area contributed by atoms with Crippen LogP contribution in [0.15, 0.2) is 85.1 Å². The first kappa shape index (κ1) is 23.0. The molecule has 1 fully saturated rings. The average molecular weight is 469 g/mol. The van der Waals surface area contributed by atoms with Crippen LogP contribution in [0.4, 0.5) is 15.8 Å². The van der Waals surface area contributed by atoms with Gasteiger partial charge >= 0.3 is 0 Å². The molecule has 0 atom stereocenters. The maximum Gasteiger partial charge on any atom is 0.228 e. The summed E-state index contributed by atoms with van der Waals surface area (Å²) in [5.41, 5.74) is 4.88. The van der Waals surface area contributed by atoms with Gasteiger partial charge in [-0.2, -0.15) is 0 Å². The monoisotopic (exact) mass is 468 g/mol. The van der Waals surface area contributed by atoms with Crippen molar-refractivity contribution in [1.82, 2.24) is 10.3 Å². The molecule has 2 heterocycles. The second-order valence-corrected chi connectivity index (χ2v) is 9.07. The Morgan fingerprint density at radius 3 is 2.57 bits per heavy atom. The van der Waals surface area contributed by atoms with E-state index in [2.05, 4.69) is 56.9 Å². The first-order valence-electron chi connectivity index (χ1n) is 12.1. The number of piperidine rings is 1. The van der Waals surface area contributed by atoms with Crippen LogP contribution in [0.25, 0.3) is 10.9 Å². The summed E-state index contributed by atoms with van der Waals surface area (Å²) in [4.78, 5) is 19.1. The molecule has 1 aromatic heterocycles. The number of benzene rings is 3. The highest BCUT2D eigenvalue weighted by atomic mass is 19.1. The summed E-state index contributed by atoms with van der Waals surface area (Å²) in [6.45, 7) is 2.84. The molecule has 1 amide bonds. The molecule has 1 aliphatic heterocycles. The van der Waals surface area contributed by atoms with Crippen molar-refractivity contribution in [3.05, 3.63) is 102 Å². The van der Waals surface area contributed by atoms with E-state index in [-0.39, 0.29) is 18.1 Å². The van der Waals surface area contributed by atoms with Gasteiger partial charge in [-0.3, -0.25) is 9.78 Å². The molecule has 5 rings (SSSR count). The van der Waals surface area contributed by atoms with Gasteiger partial charge in [-0.15, -0.1) is 0 Å². The number of amides is 1. The molecule has 1 aliphatic rings. The van der Waals surface area contributed by atoms with E-state index in [4.69, 9.17) is 0 Å². The fourth-order valence-corrected chi connectivity index (χ4v) is 4.63. The number of halogens is 1. The van der Waals surface area contributed by atoms with Crippen molar-refractivity contribution in [2.24, 2.45) is 0 Å². The predicted octanol–water partition coefficient (Wildman–Crippen LogP) is 5.31. The van der Waals surface area contributed by atoms with E-state index < -0.39 is 0 Å². The van der Waals surface area contributed by atoms with Gasteiger partial charge in [0.2, 0.25) is 5.91 Å². The van der Waals surface area contributed by atoms with Gasteiger partial charge in [-0.05, 0) is 78.6 Å². The summed E-state index contributed by atoms with van der Waals surface area (Å²) in [5.74, 6) is -0.484. The third kappa shape index (κ3) is 6.03. The van der Waals surface area contributed by atoms with Gasteiger partial charge in [0.25, 0.3) is 0 Å². The summed E-state index contributed by atoms with van der Waals surface area (Å²) >= 11 is 0. The number of anilines is 2. The number of nitrogens with one attached hydrogen (secondary N) is 2. The first-order chi connectivity index (χ1) is 17.1. The van der Waals surface area contributed by atoms with Gasteiger partial charge in [0.1, 0.15) is 5.82 Å². The van der Waals surface area contributed by atoms with E-state index in [1.54, 1.807) is 12.1 Å². The minimum absolute atomic E-state index is 0.149. The largest absolute Gasteiger partial charge is 0.371 e. The van der Waals surface area contributed by atoms with Crippen molar-refractivity contribution in [2.75, 3.05) is 23.3 Å². The maximum absolute atomic E-state index is 13.3. The summed E-state index contributed by atoms with van der Waals surface area (Å²) in [6, 6.07) is 25.1. The Morgan fingerprint density at radius 1 is 0.943 bits per heavy atom. The summed E-state index contributed by atoms with van der Waals surface area (Å²) in [7, 11) is 0. The number of carbonyl (C=O) groups is 1. The van der Waals surface area contributed by atoms with Crippen LogP contribution in [0.5, 0.6) is 0 Å². The Labute approximate surface area is 205 Å². The van der Waals surface area contributed by atoms with Crippen molar-refractivity contribution in [1.29, 1.82) is 0 Å². The van der Waals surface area contributed by atoms with Crippen LogP contribution < -0.4 is 15.5 Å². The van der Waals surface area contributed by atoms with E-state index in [0.29, 0.717) is 11.6 Å². The molecule has 0 spiro atoms. The van der Waals surface area contributed by atoms with Crippen LogP contribution in [-0.4, -0.2) is 30.0 Å². The minimum atomic E-state index is -0.329. The van der Waals surface area contributed by atoms with Crippen molar-refractivity contribution in [3.8, 4) is 0 Å². The van der Waals surface area contributed by atoms with Crippen molar-refractivity contribution in [2.45, 2.75) is 31.8 Å².